The number of hydrogen-bond acceptors (Lipinski definition) is 2. The van der Waals surface area contributed by atoms with Crippen LogP contribution in [-0.4, -0.2) is 18.2 Å². The van der Waals surface area contributed by atoms with Gasteiger partial charge < -0.3 is 10.0 Å². The Morgan fingerprint density at radius 2 is 1.86 bits per heavy atom. The molecule has 3 rings (SSSR count). The summed E-state index contributed by atoms with van der Waals surface area (Å²) in [7, 11) is 0. The summed E-state index contributed by atoms with van der Waals surface area (Å²) in [6, 6.07) is 14.8. The van der Waals surface area contributed by atoms with E-state index in [4.69, 9.17) is 0 Å². The van der Waals surface area contributed by atoms with Crippen molar-refractivity contribution in [3.05, 3.63) is 65.5 Å². The van der Waals surface area contributed by atoms with E-state index in [2.05, 4.69) is 23.1 Å². The molecule has 21 heavy (non-hydrogen) atoms. The van der Waals surface area contributed by atoms with Crippen molar-refractivity contribution < 1.29 is 9.50 Å². The van der Waals surface area contributed by atoms with Crippen LogP contribution in [0.5, 0.6) is 0 Å². The van der Waals surface area contributed by atoms with Gasteiger partial charge in [-0.05, 0) is 24.1 Å². The molecule has 0 radical (unpaired) electrons. The number of para-hydroxylation sites is 1. The van der Waals surface area contributed by atoms with Crippen molar-refractivity contribution in [2.75, 3.05) is 18.0 Å². The van der Waals surface area contributed by atoms with Gasteiger partial charge in [0.2, 0.25) is 0 Å². The molecule has 0 spiro atoms. The Morgan fingerprint density at radius 1 is 1.14 bits per heavy atom. The Bertz CT molecular complexity index is 628. The van der Waals surface area contributed by atoms with E-state index < -0.39 is 6.10 Å². The van der Waals surface area contributed by atoms with Crippen LogP contribution in [0, 0.1) is 11.7 Å². The number of aliphatic hydroxyl groups excluding tert-OH is 1. The minimum Gasteiger partial charge on any atom is -0.388 e. The lowest BCUT2D eigenvalue weighted by Gasteiger charge is -2.27. The zero-order chi connectivity index (χ0) is 14.8. The zero-order valence-corrected chi connectivity index (χ0v) is 12.2. The van der Waals surface area contributed by atoms with Gasteiger partial charge in [-0.25, -0.2) is 4.39 Å². The molecule has 0 aromatic heterocycles. The Kier molecular flexibility index (Phi) is 3.93. The first-order valence-electron chi connectivity index (χ1n) is 7.42. The molecule has 0 saturated carbocycles. The van der Waals surface area contributed by atoms with E-state index in [1.807, 2.05) is 13.0 Å². The van der Waals surface area contributed by atoms with E-state index in [1.54, 1.807) is 18.2 Å². The van der Waals surface area contributed by atoms with Crippen LogP contribution >= 0.6 is 0 Å². The number of nitrogens with zero attached hydrogens (tertiary/aromatic N) is 1. The molecule has 0 amide bonds. The molecule has 2 unspecified atom stereocenters. The summed E-state index contributed by atoms with van der Waals surface area (Å²) in [6.45, 7) is 3.66. The van der Waals surface area contributed by atoms with Crippen molar-refractivity contribution in [2.24, 2.45) is 5.92 Å². The Balaban J connectivity index is 1.73. The maximum absolute atomic E-state index is 13.8. The highest BCUT2D eigenvalue weighted by atomic mass is 19.1. The number of hydrogen-bond donors (Lipinski definition) is 1. The molecule has 2 atom stereocenters. The summed E-state index contributed by atoms with van der Waals surface area (Å²) < 4.78 is 13.8. The molecule has 2 aromatic carbocycles. The highest BCUT2D eigenvalue weighted by molar-refractivity contribution is 5.57. The van der Waals surface area contributed by atoms with Crippen LogP contribution < -0.4 is 4.90 Å². The summed E-state index contributed by atoms with van der Waals surface area (Å²) in [5.74, 6) is -0.369. The third kappa shape index (κ3) is 2.79. The Hall–Kier alpha value is -1.87. The van der Waals surface area contributed by atoms with Gasteiger partial charge in [-0.1, -0.05) is 43.3 Å². The molecule has 2 nitrogen and oxygen atoms in total. The molecule has 3 heteroatoms. The molecule has 0 aliphatic carbocycles. The van der Waals surface area contributed by atoms with Crippen molar-refractivity contribution in [3.8, 4) is 0 Å². The molecule has 1 aliphatic rings. The number of benzene rings is 2. The maximum Gasteiger partial charge on any atom is 0.129 e. The van der Waals surface area contributed by atoms with E-state index in [1.165, 1.54) is 17.3 Å². The van der Waals surface area contributed by atoms with E-state index in [-0.39, 0.29) is 11.7 Å². The van der Waals surface area contributed by atoms with Crippen LogP contribution in [0.2, 0.25) is 0 Å². The summed E-state index contributed by atoms with van der Waals surface area (Å²) in [6.07, 6.45) is 0.262. The lowest BCUT2D eigenvalue weighted by atomic mass is 9.96. The number of halogens is 1. The smallest absolute Gasteiger partial charge is 0.129 e. The Labute approximate surface area is 124 Å². The van der Waals surface area contributed by atoms with Gasteiger partial charge >= 0.3 is 0 Å². The predicted molar refractivity (Wildman–Crippen MR) is 82.9 cm³/mol. The van der Waals surface area contributed by atoms with Crippen LogP contribution in [0.15, 0.2) is 48.5 Å². The highest BCUT2D eigenvalue weighted by Gasteiger charge is 2.25. The van der Waals surface area contributed by atoms with Crippen LogP contribution in [0.25, 0.3) is 0 Å². The fourth-order valence-corrected chi connectivity index (χ4v) is 3.07. The lowest BCUT2D eigenvalue weighted by Crippen LogP contribution is -2.29. The first kappa shape index (κ1) is 14.1. The van der Waals surface area contributed by atoms with Crippen molar-refractivity contribution in [2.45, 2.75) is 19.4 Å². The van der Waals surface area contributed by atoms with E-state index in [9.17, 15) is 9.50 Å². The fraction of sp³-hybridized carbons (Fsp3) is 0.333. The molecule has 1 N–H and O–H groups in total. The lowest BCUT2D eigenvalue weighted by molar-refractivity contribution is 0.116. The van der Waals surface area contributed by atoms with Gasteiger partial charge in [0.25, 0.3) is 0 Å². The summed E-state index contributed by atoms with van der Waals surface area (Å²) >= 11 is 0. The molecule has 1 aliphatic heterocycles. The predicted octanol–water partition coefficient (Wildman–Crippen LogP) is 3.56. The molecular formula is C18H20FNO. The van der Waals surface area contributed by atoms with Crippen molar-refractivity contribution in [3.63, 3.8) is 0 Å². The minimum absolute atomic E-state index is 0.0342. The highest BCUT2D eigenvalue weighted by Crippen LogP contribution is 2.31. The standard InChI is InChI=1S/C18H20FNO/c1-13(18(21)15-7-3-4-8-16(15)19)12-20-11-10-14-6-2-5-9-17(14)20/h2-9,13,18,21H,10-12H2,1H3. The van der Waals surface area contributed by atoms with Gasteiger partial charge in [-0.3, -0.25) is 0 Å². The summed E-state index contributed by atoms with van der Waals surface area (Å²) in [5.41, 5.74) is 2.98. The van der Waals surface area contributed by atoms with Crippen LogP contribution in [0.1, 0.15) is 24.2 Å². The second-order valence-electron chi connectivity index (χ2n) is 5.77. The second kappa shape index (κ2) is 5.86. The van der Waals surface area contributed by atoms with E-state index in [0.717, 1.165) is 19.5 Å². The fourth-order valence-electron chi connectivity index (χ4n) is 3.07. The van der Waals surface area contributed by atoms with Crippen LogP contribution in [0.4, 0.5) is 10.1 Å². The van der Waals surface area contributed by atoms with E-state index >= 15 is 0 Å². The second-order valence-corrected chi connectivity index (χ2v) is 5.77. The van der Waals surface area contributed by atoms with Crippen molar-refractivity contribution in [1.29, 1.82) is 0 Å². The summed E-state index contributed by atoms with van der Waals surface area (Å²) in [4.78, 5) is 2.28. The molecular weight excluding hydrogens is 265 g/mol. The number of rotatable bonds is 4. The molecule has 0 fully saturated rings. The van der Waals surface area contributed by atoms with Crippen LogP contribution in [-0.2, 0) is 6.42 Å². The maximum atomic E-state index is 13.8. The van der Waals surface area contributed by atoms with Gasteiger partial charge in [0.15, 0.2) is 0 Å². The van der Waals surface area contributed by atoms with Crippen molar-refractivity contribution >= 4 is 5.69 Å². The van der Waals surface area contributed by atoms with Gasteiger partial charge in [0, 0.05) is 30.3 Å². The molecule has 1 heterocycles. The molecule has 2 aromatic rings. The van der Waals surface area contributed by atoms with E-state index in [0.29, 0.717) is 5.56 Å². The molecule has 0 saturated heterocycles. The first-order chi connectivity index (χ1) is 10.2. The van der Waals surface area contributed by atoms with Gasteiger partial charge in [-0.15, -0.1) is 0 Å². The number of fused-ring (bicyclic) bond motifs is 1. The van der Waals surface area contributed by atoms with Crippen LogP contribution in [0.3, 0.4) is 0 Å². The largest absolute Gasteiger partial charge is 0.388 e. The third-order valence-electron chi connectivity index (χ3n) is 4.25. The topological polar surface area (TPSA) is 23.5 Å². The van der Waals surface area contributed by atoms with Gasteiger partial charge in [0.1, 0.15) is 5.82 Å². The molecule has 110 valence electrons. The zero-order valence-electron chi connectivity index (χ0n) is 12.2. The number of aliphatic hydroxyl groups is 1. The SMILES string of the molecule is CC(CN1CCc2ccccc21)C(O)c1ccccc1F. The third-order valence-corrected chi connectivity index (χ3v) is 4.25. The monoisotopic (exact) mass is 285 g/mol. The average Bonchev–Trinajstić information content (AvgIpc) is 2.90. The summed E-state index contributed by atoms with van der Waals surface area (Å²) in [5, 5.41) is 10.4. The van der Waals surface area contributed by atoms with Crippen molar-refractivity contribution in [1.82, 2.24) is 0 Å². The quantitative estimate of drug-likeness (QED) is 0.928. The normalized spacial score (nSPS) is 16.6. The Morgan fingerprint density at radius 3 is 2.67 bits per heavy atom. The average molecular weight is 285 g/mol. The molecule has 0 bridgehead atoms. The van der Waals surface area contributed by atoms with Gasteiger partial charge in [-0.2, -0.15) is 0 Å². The minimum atomic E-state index is -0.779. The van der Waals surface area contributed by atoms with Gasteiger partial charge in [0.05, 0.1) is 6.10 Å². The first-order valence-corrected chi connectivity index (χ1v) is 7.42. The number of anilines is 1.